The van der Waals surface area contributed by atoms with Gasteiger partial charge in [0.25, 0.3) is 0 Å². The molecule has 0 aliphatic rings. The lowest BCUT2D eigenvalue weighted by Crippen LogP contribution is -2.03. The smallest absolute Gasteiger partial charge is 0.142 e. The average Bonchev–Trinajstić information content (AvgIpc) is 2.75. The first-order valence-electron chi connectivity index (χ1n) is 5.10. The minimum atomic E-state index is -0.581. The van der Waals surface area contributed by atoms with Gasteiger partial charge in [0.1, 0.15) is 5.75 Å². The first kappa shape index (κ1) is 12.5. The highest BCUT2D eigenvalue weighted by atomic mass is 79.9. The van der Waals surface area contributed by atoms with Gasteiger partial charge in [-0.3, -0.25) is 4.98 Å². The number of nitrogens with zero attached hydrogens (tertiary/aromatic N) is 1. The van der Waals surface area contributed by atoms with Gasteiger partial charge < -0.3 is 9.84 Å². The summed E-state index contributed by atoms with van der Waals surface area (Å²) in [6.45, 7) is 0. The summed E-state index contributed by atoms with van der Waals surface area (Å²) in [4.78, 5) is 5.09. The Morgan fingerprint density at radius 3 is 3.00 bits per heavy atom. The molecule has 0 radical (unpaired) electrons. The van der Waals surface area contributed by atoms with Gasteiger partial charge in [-0.25, -0.2) is 0 Å². The Bertz CT molecular complexity index is 501. The molecule has 2 aromatic rings. The third-order valence-electron chi connectivity index (χ3n) is 2.47. The molecule has 0 spiro atoms. The predicted octanol–water partition coefficient (Wildman–Crippen LogP) is 3.19. The van der Waals surface area contributed by atoms with Crippen LogP contribution < -0.4 is 4.74 Å². The Kier molecular flexibility index (Phi) is 4.15. The summed E-state index contributed by atoms with van der Waals surface area (Å²) < 4.78 is 6.22. The van der Waals surface area contributed by atoms with Crippen molar-refractivity contribution in [1.82, 2.24) is 4.98 Å². The molecule has 0 saturated carbocycles. The van der Waals surface area contributed by atoms with Crippen LogP contribution in [0.25, 0.3) is 0 Å². The Hall–Kier alpha value is -0.910. The Morgan fingerprint density at radius 1 is 1.53 bits per heavy atom. The fourth-order valence-corrected chi connectivity index (χ4v) is 3.15. The maximum atomic E-state index is 10.2. The van der Waals surface area contributed by atoms with Crippen molar-refractivity contribution in [1.29, 1.82) is 0 Å². The molecular formula is C12H12BrNO2S. The molecule has 0 aliphatic heterocycles. The normalized spacial score (nSPS) is 12.4. The fourth-order valence-electron chi connectivity index (χ4n) is 1.59. The van der Waals surface area contributed by atoms with E-state index >= 15 is 0 Å². The van der Waals surface area contributed by atoms with E-state index in [2.05, 4.69) is 20.9 Å². The second-order valence-corrected chi connectivity index (χ2v) is 5.38. The minimum absolute atomic E-state index is 0.568. The lowest BCUT2D eigenvalue weighted by Gasteiger charge is -2.13. The summed E-state index contributed by atoms with van der Waals surface area (Å²) in [6, 6.07) is 3.77. The molecule has 17 heavy (non-hydrogen) atoms. The number of pyridine rings is 1. The summed E-state index contributed by atoms with van der Waals surface area (Å²) >= 11 is 5.08. The van der Waals surface area contributed by atoms with E-state index in [0.29, 0.717) is 12.2 Å². The topological polar surface area (TPSA) is 42.4 Å². The molecule has 0 aliphatic carbocycles. The van der Waals surface area contributed by atoms with Crippen LogP contribution in [0.2, 0.25) is 0 Å². The SMILES string of the molecule is COc1cnccc1C(O)Cc1sccc1Br. The van der Waals surface area contributed by atoms with Crippen LogP contribution in [0.15, 0.2) is 34.4 Å². The predicted molar refractivity (Wildman–Crippen MR) is 71.5 cm³/mol. The Morgan fingerprint density at radius 2 is 2.35 bits per heavy atom. The number of hydrogen-bond donors (Lipinski definition) is 1. The Balaban J connectivity index is 2.20. The van der Waals surface area contributed by atoms with E-state index in [1.54, 1.807) is 36.9 Å². The maximum absolute atomic E-state index is 10.2. The second kappa shape index (κ2) is 5.62. The molecule has 1 N–H and O–H groups in total. The van der Waals surface area contributed by atoms with Crippen molar-refractivity contribution in [3.63, 3.8) is 0 Å². The van der Waals surface area contributed by atoms with Gasteiger partial charge in [0.15, 0.2) is 0 Å². The fraction of sp³-hybridized carbons (Fsp3) is 0.250. The largest absolute Gasteiger partial charge is 0.495 e. The average molecular weight is 314 g/mol. The number of thiophene rings is 1. The first-order chi connectivity index (χ1) is 8.22. The van der Waals surface area contributed by atoms with Crippen LogP contribution in [-0.2, 0) is 6.42 Å². The quantitative estimate of drug-likeness (QED) is 0.942. The summed E-state index contributed by atoms with van der Waals surface area (Å²) in [6.07, 6.45) is 3.26. The number of methoxy groups -OCH3 is 1. The van der Waals surface area contributed by atoms with Gasteiger partial charge >= 0.3 is 0 Å². The lowest BCUT2D eigenvalue weighted by atomic mass is 10.1. The lowest BCUT2D eigenvalue weighted by molar-refractivity contribution is 0.174. The second-order valence-electron chi connectivity index (χ2n) is 3.53. The third kappa shape index (κ3) is 2.86. The summed E-state index contributed by atoms with van der Waals surface area (Å²) in [7, 11) is 1.58. The number of aliphatic hydroxyl groups excluding tert-OH is 1. The van der Waals surface area contributed by atoms with Gasteiger partial charge in [-0.15, -0.1) is 11.3 Å². The van der Waals surface area contributed by atoms with E-state index in [0.717, 1.165) is 14.9 Å². The van der Waals surface area contributed by atoms with Crippen molar-refractivity contribution < 1.29 is 9.84 Å². The molecule has 0 fully saturated rings. The molecular weight excluding hydrogens is 302 g/mol. The highest BCUT2D eigenvalue weighted by Gasteiger charge is 2.15. The molecule has 3 nitrogen and oxygen atoms in total. The van der Waals surface area contributed by atoms with Crippen molar-refractivity contribution in [3.05, 3.63) is 44.8 Å². The van der Waals surface area contributed by atoms with Crippen LogP contribution in [0, 0.1) is 0 Å². The van der Waals surface area contributed by atoms with Crippen LogP contribution in [0.3, 0.4) is 0 Å². The van der Waals surface area contributed by atoms with Gasteiger partial charge in [0.2, 0.25) is 0 Å². The number of halogens is 1. The molecule has 1 unspecified atom stereocenters. The van der Waals surface area contributed by atoms with Crippen LogP contribution in [0.4, 0.5) is 0 Å². The third-order valence-corrected chi connectivity index (χ3v) is 4.41. The van der Waals surface area contributed by atoms with Gasteiger partial charge in [0, 0.05) is 27.5 Å². The molecule has 90 valence electrons. The van der Waals surface area contributed by atoms with Crippen molar-refractivity contribution in [3.8, 4) is 5.75 Å². The zero-order valence-corrected chi connectivity index (χ0v) is 11.7. The van der Waals surface area contributed by atoms with E-state index in [9.17, 15) is 5.11 Å². The standard InChI is InChI=1S/C12H12BrNO2S/c1-16-11-7-14-4-2-8(11)10(15)6-12-9(13)3-5-17-12/h2-5,7,10,15H,6H2,1H3. The minimum Gasteiger partial charge on any atom is -0.495 e. The highest BCUT2D eigenvalue weighted by Crippen LogP contribution is 2.31. The molecule has 0 amide bonds. The van der Waals surface area contributed by atoms with Gasteiger partial charge in [-0.2, -0.15) is 0 Å². The summed E-state index contributed by atoms with van der Waals surface area (Å²) in [5.41, 5.74) is 0.766. The number of hydrogen-bond acceptors (Lipinski definition) is 4. The van der Waals surface area contributed by atoms with Gasteiger partial charge in [0.05, 0.1) is 19.4 Å². The molecule has 2 heterocycles. The molecule has 1 atom stereocenters. The molecule has 2 aromatic heterocycles. The monoisotopic (exact) mass is 313 g/mol. The molecule has 2 rings (SSSR count). The zero-order chi connectivity index (χ0) is 12.3. The number of ether oxygens (including phenoxy) is 1. The van der Waals surface area contributed by atoms with E-state index in [4.69, 9.17) is 4.74 Å². The summed E-state index contributed by atoms with van der Waals surface area (Å²) in [5, 5.41) is 12.2. The van der Waals surface area contributed by atoms with Crippen molar-refractivity contribution in [2.24, 2.45) is 0 Å². The number of rotatable bonds is 4. The maximum Gasteiger partial charge on any atom is 0.142 e. The van der Waals surface area contributed by atoms with Crippen LogP contribution in [0.1, 0.15) is 16.5 Å². The molecule has 5 heteroatoms. The molecule has 0 bridgehead atoms. The zero-order valence-electron chi connectivity index (χ0n) is 9.26. The van der Waals surface area contributed by atoms with E-state index in [1.807, 2.05) is 11.4 Å². The van der Waals surface area contributed by atoms with Gasteiger partial charge in [-0.05, 0) is 33.4 Å². The molecule has 0 saturated heterocycles. The van der Waals surface area contributed by atoms with Crippen LogP contribution >= 0.6 is 27.3 Å². The van der Waals surface area contributed by atoms with Crippen molar-refractivity contribution in [2.75, 3.05) is 7.11 Å². The van der Waals surface area contributed by atoms with E-state index < -0.39 is 6.10 Å². The van der Waals surface area contributed by atoms with E-state index in [1.165, 1.54) is 0 Å². The first-order valence-corrected chi connectivity index (χ1v) is 6.77. The number of aliphatic hydroxyl groups is 1. The molecule has 0 aromatic carbocycles. The van der Waals surface area contributed by atoms with E-state index in [-0.39, 0.29) is 0 Å². The van der Waals surface area contributed by atoms with Crippen LogP contribution in [0.5, 0.6) is 5.75 Å². The Labute approximate surface area is 112 Å². The highest BCUT2D eigenvalue weighted by molar-refractivity contribution is 9.10. The van der Waals surface area contributed by atoms with Crippen molar-refractivity contribution >= 4 is 27.3 Å². The van der Waals surface area contributed by atoms with Crippen molar-refractivity contribution in [2.45, 2.75) is 12.5 Å². The summed E-state index contributed by atoms with van der Waals surface area (Å²) in [5.74, 6) is 0.618. The van der Waals surface area contributed by atoms with Gasteiger partial charge in [-0.1, -0.05) is 0 Å². The number of aromatic nitrogens is 1. The van der Waals surface area contributed by atoms with Crippen LogP contribution in [-0.4, -0.2) is 17.2 Å².